The van der Waals surface area contributed by atoms with Crippen LogP contribution in [0.3, 0.4) is 0 Å². The van der Waals surface area contributed by atoms with Crippen molar-refractivity contribution in [3.05, 3.63) is 60.7 Å². The molecule has 0 bridgehead atoms. The lowest BCUT2D eigenvalue weighted by Crippen LogP contribution is -2.74. The minimum atomic E-state index is -3.39. The predicted molar refractivity (Wildman–Crippen MR) is 87.4 cm³/mol. The van der Waals surface area contributed by atoms with Crippen LogP contribution in [-0.4, -0.2) is 40.7 Å². The van der Waals surface area contributed by atoms with Gasteiger partial charge in [0.1, 0.15) is 16.1 Å². The molecule has 0 spiro atoms. The summed E-state index contributed by atoms with van der Waals surface area (Å²) in [5.41, 5.74) is 0. The lowest BCUT2D eigenvalue weighted by atomic mass is 10.4. The predicted octanol–water partition coefficient (Wildman–Crippen LogP) is -0.635. The van der Waals surface area contributed by atoms with E-state index in [0.29, 0.717) is 6.61 Å². The Labute approximate surface area is 122 Å². The largest absolute Gasteiger partial charge is 0.454 e. The third kappa shape index (κ3) is 2.58. The van der Waals surface area contributed by atoms with Gasteiger partial charge in [-0.05, 0) is 6.04 Å². The molecule has 2 aromatic rings. The molecule has 104 valence electrons. The monoisotopic (exact) mass is 318 g/mol. The first-order valence-electron chi connectivity index (χ1n) is 6.82. The van der Waals surface area contributed by atoms with Crippen molar-refractivity contribution in [1.82, 2.24) is 0 Å². The molecule has 0 radical (unpaired) electrons. The van der Waals surface area contributed by atoms with Gasteiger partial charge in [0.2, 0.25) is 0 Å². The smallest absolute Gasteiger partial charge is 0.393 e. The van der Waals surface area contributed by atoms with Crippen LogP contribution in [0.25, 0.3) is 0 Å². The molecule has 0 aliphatic carbocycles. The molecule has 3 nitrogen and oxygen atoms in total. The van der Waals surface area contributed by atoms with Crippen LogP contribution >= 0.6 is 0 Å². The first-order chi connectivity index (χ1) is 9.62. The van der Waals surface area contributed by atoms with Gasteiger partial charge in [-0.15, -0.1) is 0 Å². The van der Waals surface area contributed by atoms with Gasteiger partial charge < -0.3 is 14.0 Å². The third-order valence-electron chi connectivity index (χ3n) is 4.05. The van der Waals surface area contributed by atoms with Gasteiger partial charge in [-0.3, -0.25) is 0 Å². The molecule has 2 N–H and O–H groups in total. The fourth-order valence-corrected chi connectivity index (χ4v) is 28.2. The minimum absolute atomic E-state index is 0.474. The van der Waals surface area contributed by atoms with Crippen LogP contribution in [0.1, 0.15) is 0 Å². The standard InChI is InChI=1S/C14H18O3Si3/c15-20(16)17-11-12-19(18-20,13-7-3-1-4-8-13)14-9-5-2-6-10-14/h1-10,15-16H,11-12,18H2. The van der Waals surface area contributed by atoms with E-state index in [0.717, 1.165) is 6.04 Å². The second-order valence-corrected chi connectivity index (χ2v) is 21.9. The van der Waals surface area contributed by atoms with Crippen LogP contribution in [0.2, 0.25) is 6.04 Å². The molecule has 0 aromatic heterocycles. The van der Waals surface area contributed by atoms with Crippen molar-refractivity contribution in [1.29, 1.82) is 0 Å². The van der Waals surface area contributed by atoms with E-state index in [1.165, 1.54) is 10.4 Å². The molecule has 3 rings (SSSR count). The molecule has 0 atom stereocenters. The lowest BCUT2D eigenvalue weighted by molar-refractivity contribution is 0.178. The van der Waals surface area contributed by atoms with Gasteiger partial charge in [0, 0.05) is 6.61 Å². The van der Waals surface area contributed by atoms with Gasteiger partial charge in [0.05, 0.1) is 0 Å². The second kappa shape index (κ2) is 5.40. The van der Waals surface area contributed by atoms with E-state index in [4.69, 9.17) is 4.43 Å². The zero-order chi connectivity index (χ0) is 14.1. The average Bonchev–Trinajstić information content (AvgIpc) is 2.48. The van der Waals surface area contributed by atoms with Crippen LogP contribution in [0.15, 0.2) is 60.7 Å². The highest BCUT2D eigenvalue weighted by molar-refractivity contribution is 7.56. The molecule has 0 unspecified atom stereocenters. The van der Waals surface area contributed by atoms with Crippen molar-refractivity contribution >= 4 is 34.8 Å². The Kier molecular flexibility index (Phi) is 3.76. The van der Waals surface area contributed by atoms with Crippen molar-refractivity contribution in [2.45, 2.75) is 6.04 Å². The SMILES string of the molecule is O[Si]1(O)OCC[Si](c2ccccc2)(c2ccccc2)[SiH2]1. The first kappa shape index (κ1) is 13.9. The van der Waals surface area contributed by atoms with E-state index in [9.17, 15) is 9.59 Å². The Morgan fingerprint density at radius 2 is 1.35 bits per heavy atom. The van der Waals surface area contributed by atoms with E-state index >= 15 is 0 Å². The molecular weight excluding hydrogens is 300 g/mol. The molecule has 1 aliphatic rings. The summed E-state index contributed by atoms with van der Waals surface area (Å²) in [7, 11) is -6.47. The average molecular weight is 319 g/mol. The highest BCUT2D eigenvalue weighted by Crippen LogP contribution is 2.19. The van der Waals surface area contributed by atoms with Crippen molar-refractivity contribution < 1.29 is 14.0 Å². The molecule has 1 aliphatic heterocycles. The Hall–Kier alpha value is -1.03. The highest BCUT2D eigenvalue weighted by atomic mass is 29.6. The van der Waals surface area contributed by atoms with Crippen molar-refractivity contribution in [2.24, 2.45) is 0 Å². The van der Waals surface area contributed by atoms with Gasteiger partial charge in [-0.25, -0.2) is 0 Å². The topological polar surface area (TPSA) is 49.7 Å². The summed E-state index contributed by atoms with van der Waals surface area (Å²) in [5, 5.41) is 2.64. The molecule has 1 saturated heterocycles. The molecule has 6 heteroatoms. The summed E-state index contributed by atoms with van der Waals surface area (Å²) < 4.78 is 5.31. The molecule has 0 saturated carbocycles. The fraction of sp³-hybridized carbons (Fsp3) is 0.143. The molecule has 0 amide bonds. The molecular formula is C14H18O3Si3. The number of hydrogen-bond donors (Lipinski definition) is 2. The van der Waals surface area contributed by atoms with E-state index < -0.39 is 24.5 Å². The summed E-state index contributed by atoms with van der Waals surface area (Å²) in [6.45, 7) is 0.474. The maximum Gasteiger partial charge on any atom is 0.454 e. The van der Waals surface area contributed by atoms with Crippen LogP contribution in [0.5, 0.6) is 0 Å². The van der Waals surface area contributed by atoms with Crippen LogP contribution in [-0.2, 0) is 4.43 Å². The van der Waals surface area contributed by atoms with Gasteiger partial charge >= 0.3 is 8.32 Å². The summed E-state index contributed by atoms with van der Waals surface area (Å²) in [6, 6.07) is 21.8. The Morgan fingerprint density at radius 3 is 1.80 bits per heavy atom. The van der Waals surface area contributed by atoms with Crippen molar-refractivity contribution in [3.8, 4) is 0 Å². The molecule has 1 fully saturated rings. The maximum absolute atomic E-state index is 10.2. The normalized spacial score (nSPS) is 21.7. The zero-order valence-electron chi connectivity index (χ0n) is 11.2. The Morgan fingerprint density at radius 1 is 0.850 bits per heavy atom. The number of hydrogen-bond acceptors (Lipinski definition) is 3. The van der Waals surface area contributed by atoms with Crippen molar-refractivity contribution in [2.75, 3.05) is 6.61 Å². The lowest BCUT2D eigenvalue weighted by Gasteiger charge is -2.39. The Balaban J connectivity index is 2.13. The van der Waals surface area contributed by atoms with Crippen LogP contribution in [0, 0.1) is 0 Å². The molecule has 20 heavy (non-hydrogen) atoms. The van der Waals surface area contributed by atoms with Crippen LogP contribution < -0.4 is 10.4 Å². The number of benzene rings is 2. The van der Waals surface area contributed by atoms with Gasteiger partial charge in [-0.1, -0.05) is 71.0 Å². The van der Waals surface area contributed by atoms with Crippen LogP contribution in [0.4, 0.5) is 0 Å². The number of rotatable bonds is 2. The molecule has 2 aromatic carbocycles. The maximum atomic E-state index is 10.2. The summed E-state index contributed by atoms with van der Waals surface area (Å²) in [4.78, 5) is 20.4. The van der Waals surface area contributed by atoms with E-state index in [1.54, 1.807) is 0 Å². The van der Waals surface area contributed by atoms with Gasteiger partial charge in [-0.2, -0.15) is 0 Å². The molecule has 1 heterocycles. The van der Waals surface area contributed by atoms with E-state index in [2.05, 4.69) is 48.5 Å². The fourth-order valence-electron chi connectivity index (χ4n) is 3.10. The Bertz CT molecular complexity index is 535. The first-order valence-corrected chi connectivity index (χ1v) is 15.5. The third-order valence-corrected chi connectivity index (χ3v) is 26.6. The highest BCUT2D eigenvalue weighted by Gasteiger charge is 2.51. The minimum Gasteiger partial charge on any atom is -0.393 e. The summed E-state index contributed by atoms with van der Waals surface area (Å²) >= 11 is 0. The van der Waals surface area contributed by atoms with Gasteiger partial charge in [0.15, 0.2) is 0 Å². The van der Waals surface area contributed by atoms with E-state index in [1.807, 2.05) is 12.1 Å². The van der Waals surface area contributed by atoms with Crippen molar-refractivity contribution in [3.63, 3.8) is 0 Å². The zero-order valence-corrected chi connectivity index (χ0v) is 14.6. The van der Waals surface area contributed by atoms with E-state index in [-0.39, 0.29) is 0 Å². The summed E-state index contributed by atoms with van der Waals surface area (Å²) in [5.74, 6) is 0. The summed E-state index contributed by atoms with van der Waals surface area (Å²) in [6.07, 6.45) is 0. The quantitative estimate of drug-likeness (QED) is 0.725. The second-order valence-electron chi connectivity index (χ2n) is 5.33. The van der Waals surface area contributed by atoms with Gasteiger partial charge in [0.25, 0.3) is 0 Å².